The van der Waals surface area contributed by atoms with E-state index in [1.807, 2.05) is 47.6 Å². The van der Waals surface area contributed by atoms with E-state index in [0.717, 1.165) is 0 Å². The number of rotatable bonds is 7. The Morgan fingerprint density at radius 3 is 1.68 bits per heavy atom. The van der Waals surface area contributed by atoms with Crippen LogP contribution in [0.1, 0.15) is 47.1 Å². The summed E-state index contributed by atoms with van der Waals surface area (Å²) in [4.78, 5) is 4.31. The fraction of sp³-hybridized carbons (Fsp3) is 0.600. The monoisotopic (exact) mass is 298 g/mol. The topological polar surface area (TPSA) is 64.4 Å². The van der Waals surface area contributed by atoms with E-state index >= 15 is 0 Å². The van der Waals surface area contributed by atoms with Crippen molar-refractivity contribution >= 4 is 12.3 Å². The van der Waals surface area contributed by atoms with Gasteiger partial charge in [0.15, 0.2) is 0 Å². The third-order valence-corrected chi connectivity index (χ3v) is 2.63. The molecule has 0 unspecified atom stereocenters. The Hall–Kier alpha value is -0.818. The van der Waals surface area contributed by atoms with Crippen LogP contribution in [0.4, 0.5) is 0 Å². The average molecular weight is 298 g/mol. The van der Waals surface area contributed by atoms with Gasteiger partial charge in [-0.25, -0.2) is 0 Å². The molecule has 5 nitrogen and oxygen atoms in total. The molecule has 0 aliphatic carbocycles. The standard InChI is InChI=1S/C15H24BN2O3.Li/c1-11(2)19-16(20-12(3)4,21-13(5)6)15-8-7-14(9-17)10-18-15;/h7-8,10-13H,1-6H3;/q-1;+1. The van der Waals surface area contributed by atoms with Crippen molar-refractivity contribution < 1.29 is 32.8 Å². The summed E-state index contributed by atoms with van der Waals surface area (Å²) < 4.78 is 18.0. The van der Waals surface area contributed by atoms with Crippen LogP contribution in [0.2, 0.25) is 0 Å². The van der Waals surface area contributed by atoms with Gasteiger partial charge in [0.2, 0.25) is 0 Å². The van der Waals surface area contributed by atoms with Gasteiger partial charge in [0.25, 0.3) is 0 Å². The summed E-state index contributed by atoms with van der Waals surface area (Å²) in [5, 5.41) is 8.89. The van der Waals surface area contributed by atoms with Gasteiger partial charge in [0.05, 0.1) is 5.56 Å². The molecule has 0 radical (unpaired) electrons. The van der Waals surface area contributed by atoms with E-state index in [0.29, 0.717) is 11.2 Å². The van der Waals surface area contributed by atoms with Gasteiger partial charge in [-0.3, -0.25) is 4.98 Å². The Bertz CT molecular complexity index is 460. The van der Waals surface area contributed by atoms with E-state index in [9.17, 15) is 0 Å². The van der Waals surface area contributed by atoms with Gasteiger partial charge in [-0.15, -0.1) is 0 Å². The van der Waals surface area contributed by atoms with Gasteiger partial charge in [0.1, 0.15) is 6.07 Å². The van der Waals surface area contributed by atoms with Crippen molar-refractivity contribution in [1.29, 1.82) is 5.26 Å². The van der Waals surface area contributed by atoms with Crippen molar-refractivity contribution in [2.45, 2.75) is 59.9 Å². The molecular weight excluding hydrogens is 274 g/mol. The molecule has 0 aliphatic rings. The molecule has 0 saturated heterocycles. The first kappa shape index (κ1) is 21.2. The molecular formula is C15H24BLiN2O3. The van der Waals surface area contributed by atoms with Crippen LogP contribution in [0.5, 0.6) is 0 Å². The molecule has 1 aromatic heterocycles. The maximum Gasteiger partial charge on any atom is 1.00 e. The second-order valence-electron chi connectivity index (χ2n) is 5.78. The van der Waals surface area contributed by atoms with E-state index < -0.39 is 6.75 Å². The first-order valence-corrected chi connectivity index (χ1v) is 7.32. The Morgan fingerprint density at radius 2 is 1.41 bits per heavy atom. The van der Waals surface area contributed by atoms with Crippen LogP contribution in [0.15, 0.2) is 18.3 Å². The van der Waals surface area contributed by atoms with Crippen molar-refractivity contribution in [1.82, 2.24) is 4.98 Å². The normalized spacial score (nSPS) is 11.6. The fourth-order valence-corrected chi connectivity index (χ4v) is 2.06. The molecule has 22 heavy (non-hydrogen) atoms. The Morgan fingerprint density at radius 1 is 0.955 bits per heavy atom. The molecule has 0 fully saturated rings. The van der Waals surface area contributed by atoms with Crippen LogP contribution in [0, 0.1) is 11.3 Å². The number of nitrogens with zero attached hydrogens (tertiary/aromatic N) is 2. The van der Waals surface area contributed by atoms with E-state index in [4.69, 9.17) is 19.2 Å². The van der Waals surface area contributed by atoms with Crippen molar-refractivity contribution in [2.75, 3.05) is 0 Å². The molecule has 0 bridgehead atoms. The SMILES string of the molecule is CC(C)O[B-](OC(C)C)(OC(C)C)c1ccc(C#N)cn1.[Li+]. The Kier molecular flexibility index (Phi) is 9.00. The molecule has 1 aromatic rings. The third-order valence-electron chi connectivity index (χ3n) is 2.63. The largest absolute Gasteiger partial charge is 1.00 e. The van der Waals surface area contributed by atoms with Crippen molar-refractivity contribution in [3.8, 4) is 6.07 Å². The maximum atomic E-state index is 8.89. The van der Waals surface area contributed by atoms with Crippen LogP contribution in [0.3, 0.4) is 0 Å². The van der Waals surface area contributed by atoms with Crippen LogP contribution in [-0.4, -0.2) is 30.1 Å². The van der Waals surface area contributed by atoms with E-state index in [1.165, 1.54) is 6.20 Å². The first-order chi connectivity index (χ1) is 9.79. The molecule has 0 saturated carbocycles. The molecule has 0 N–H and O–H groups in total. The van der Waals surface area contributed by atoms with Gasteiger partial charge >= 0.3 is 25.6 Å². The number of hydrogen-bond donors (Lipinski definition) is 0. The second-order valence-corrected chi connectivity index (χ2v) is 5.78. The Balaban J connectivity index is 0.00000441. The Labute approximate surface area is 145 Å². The molecule has 0 atom stereocenters. The van der Waals surface area contributed by atoms with Gasteiger partial charge in [-0.2, -0.15) is 5.26 Å². The molecule has 1 heterocycles. The summed E-state index contributed by atoms with van der Waals surface area (Å²) in [5.41, 5.74) is 1.05. The smallest absolute Gasteiger partial charge is 0.538 e. The van der Waals surface area contributed by atoms with E-state index in [2.05, 4.69) is 4.98 Å². The van der Waals surface area contributed by atoms with Crippen molar-refractivity contribution in [3.63, 3.8) is 0 Å². The summed E-state index contributed by atoms with van der Waals surface area (Å²) in [6.07, 6.45) is 1.25. The van der Waals surface area contributed by atoms with Crippen LogP contribution < -0.4 is 24.5 Å². The van der Waals surface area contributed by atoms with Crippen LogP contribution in [-0.2, 0) is 14.0 Å². The van der Waals surface area contributed by atoms with E-state index in [-0.39, 0.29) is 37.2 Å². The zero-order valence-corrected chi connectivity index (χ0v) is 14.7. The minimum absolute atomic E-state index is 0. The predicted octanol–water partition coefficient (Wildman–Crippen LogP) is -0.622. The van der Waals surface area contributed by atoms with Gasteiger partial charge in [-0.1, -0.05) is 6.07 Å². The zero-order valence-electron chi connectivity index (χ0n) is 14.7. The van der Waals surface area contributed by atoms with Crippen molar-refractivity contribution in [2.24, 2.45) is 0 Å². The number of nitriles is 1. The molecule has 0 aliphatic heterocycles. The van der Waals surface area contributed by atoms with Gasteiger partial charge in [0, 0.05) is 24.5 Å². The summed E-state index contributed by atoms with van der Waals surface area (Å²) in [6.45, 7) is 9.39. The van der Waals surface area contributed by atoms with Crippen molar-refractivity contribution in [3.05, 3.63) is 23.9 Å². The first-order valence-electron chi connectivity index (χ1n) is 7.32. The van der Waals surface area contributed by atoms with Crippen LogP contribution in [0.25, 0.3) is 0 Å². The molecule has 1 rings (SSSR count). The molecule has 7 heteroatoms. The summed E-state index contributed by atoms with van der Waals surface area (Å²) in [6, 6.07) is 5.47. The minimum Gasteiger partial charge on any atom is -0.538 e. The minimum atomic E-state index is -2.16. The summed E-state index contributed by atoms with van der Waals surface area (Å²) in [5.74, 6) is 0. The van der Waals surface area contributed by atoms with E-state index in [1.54, 1.807) is 12.1 Å². The summed E-state index contributed by atoms with van der Waals surface area (Å²) >= 11 is 0. The molecule has 0 amide bonds. The molecule has 116 valence electrons. The fourth-order valence-electron chi connectivity index (χ4n) is 2.06. The number of pyridine rings is 1. The number of aromatic nitrogens is 1. The van der Waals surface area contributed by atoms with Crippen LogP contribution >= 0.6 is 0 Å². The quantitative estimate of drug-likeness (QED) is 0.628. The summed E-state index contributed by atoms with van der Waals surface area (Å²) in [7, 11) is 0. The number of hydrogen-bond acceptors (Lipinski definition) is 5. The van der Waals surface area contributed by atoms with Gasteiger partial charge < -0.3 is 14.0 Å². The average Bonchev–Trinajstić information content (AvgIpc) is 2.36. The molecule has 0 aromatic carbocycles. The maximum absolute atomic E-state index is 8.89. The second kappa shape index (κ2) is 9.35. The molecule has 0 spiro atoms. The van der Waals surface area contributed by atoms with Gasteiger partial charge in [-0.05, 0) is 53.2 Å². The third kappa shape index (κ3) is 6.12. The zero-order chi connectivity index (χ0) is 16.0. The predicted molar refractivity (Wildman–Crippen MR) is 83.0 cm³/mol.